The lowest BCUT2D eigenvalue weighted by Crippen LogP contribution is -2.00. The fourth-order valence-electron chi connectivity index (χ4n) is 0.640. The normalized spacial score (nSPS) is 9.83. The van der Waals surface area contributed by atoms with Crippen LogP contribution in [0.3, 0.4) is 0 Å². The van der Waals surface area contributed by atoms with Crippen molar-refractivity contribution in [2.45, 2.75) is 0 Å². The second kappa shape index (κ2) is 3.16. The van der Waals surface area contributed by atoms with Crippen molar-refractivity contribution in [3.8, 4) is 5.75 Å². The number of carboxylic acids is 1. The van der Waals surface area contributed by atoms with Gasteiger partial charge in [-0.25, -0.2) is 9.78 Å². The van der Waals surface area contributed by atoms with Gasteiger partial charge in [-0.3, -0.25) is 0 Å². The van der Waals surface area contributed by atoms with Crippen molar-refractivity contribution in [3.63, 3.8) is 0 Å². The van der Waals surface area contributed by atoms with Crippen LogP contribution < -0.4 is 0 Å². The van der Waals surface area contributed by atoms with Gasteiger partial charge in [0, 0.05) is 0 Å². The van der Waals surface area contributed by atoms with Crippen LogP contribution >= 0.6 is 23.2 Å². The third kappa shape index (κ3) is 1.44. The molecule has 1 aromatic heterocycles. The fourth-order valence-corrected chi connectivity index (χ4v) is 1.13. The van der Waals surface area contributed by atoms with Gasteiger partial charge in [0.05, 0.1) is 6.20 Å². The van der Waals surface area contributed by atoms with E-state index in [-0.39, 0.29) is 10.2 Å². The maximum Gasteiger partial charge on any atom is 0.340 e. The maximum atomic E-state index is 10.5. The molecule has 6 heteroatoms. The molecule has 0 radical (unpaired) electrons. The highest BCUT2D eigenvalue weighted by Crippen LogP contribution is 2.30. The lowest BCUT2D eigenvalue weighted by molar-refractivity contribution is 0.0696. The second-order valence-corrected chi connectivity index (χ2v) is 2.66. The maximum absolute atomic E-state index is 10.5. The van der Waals surface area contributed by atoms with Gasteiger partial charge < -0.3 is 10.2 Å². The van der Waals surface area contributed by atoms with E-state index in [1.54, 1.807) is 0 Å². The molecule has 0 aromatic carbocycles. The quantitative estimate of drug-likeness (QED) is 0.690. The molecule has 0 saturated heterocycles. The summed E-state index contributed by atoms with van der Waals surface area (Å²) in [6.45, 7) is 0. The molecule has 0 unspecified atom stereocenters. The minimum Gasteiger partial charge on any atom is -0.505 e. The molecule has 0 spiro atoms. The van der Waals surface area contributed by atoms with Crippen LogP contribution in [0.4, 0.5) is 0 Å². The number of carboxylic acid groups (broad SMARTS) is 1. The minimum atomic E-state index is -1.33. The number of nitrogens with zero attached hydrogens (tertiary/aromatic N) is 1. The summed E-state index contributed by atoms with van der Waals surface area (Å²) in [5.74, 6) is -1.73. The highest BCUT2D eigenvalue weighted by molar-refractivity contribution is 6.39. The van der Waals surface area contributed by atoms with Gasteiger partial charge in [0.25, 0.3) is 0 Å². The van der Waals surface area contributed by atoms with Gasteiger partial charge in [-0.2, -0.15) is 0 Å². The van der Waals surface area contributed by atoms with E-state index in [2.05, 4.69) is 4.98 Å². The minimum absolute atomic E-state index is 0.245. The van der Waals surface area contributed by atoms with Crippen LogP contribution in [0.15, 0.2) is 6.20 Å². The number of carbonyl (C=O) groups is 1. The van der Waals surface area contributed by atoms with E-state index in [1.165, 1.54) is 0 Å². The van der Waals surface area contributed by atoms with Crippen molar-refractivity contribution >= 4 is 29.2 Å². The van der Waals surface area contributed by atoms with Crippen LogP contribution in [0.5, 0.6) is 5.75 Å². The number of aromatic carboxylic acids is 1. The zero-order valence-electron chi connectivity index (χ0n) is 5.58. The first-order valence-electron chi connectivity index (χ1n) is 2.80. The zero-order valence-corrected chi connectivity index (χ0v) is 7.10. The first kappa shape index (κ1) is 9.09. The highest BCUT2D eigenvalue weighted by atomic mass is 35.5. The number of aromatic nitrogens is 1. The van der Waals surface area contributed by atoms with Gasteiger partial charge >= 0.3 is 5.97 Å². The van der Waals surface area contributed by atoms with E-state index in [9.17, 15) is 4.79 Å². The lowest BCUT2D eigenvalue weighted by atomic mass is 10.3. The highest BCUT2D eigenvalue weighted by Gasteiger charge is 2.17. The van der Waals surface area contributed by atoms with Gasteiger partial charge in [-0.05, 0) is 0 Å². The second-order valence-electron chi connectivity index (χ2n) is 1.93. The summed E-state index contributed by atoms with van der Waals surface area (Å²) in [6.07, 6.45) is 0.983. The topological polar surface area (TPSA) is 70.4 Å². The molecular weight excluding hydrogens is 205 g/mol. The van der Waals surface area contributed by atoms with Crippen molar-refractivity contribution in [2.24, 2.45) is 0 Å². The molecule has 0 saturated carbocycles. The lowest BCUT2D eigenvalue weighted by Gasteiger charge is -2.01. The summed E-state index contributed by atoms with van der Waals surface area (Å²) in [7, 11) is 0. The number of hydrogen-bond acceptors (Lipinski definition) is 3. The number of hydrogen-bond donors (Lipinski definition) is 2. The molecule has 0 aliphatic heterocycles. The third-order valence-electron chi connectivity index (χ3n) is 1.16. The average Bonchev–Trinajstić information content (AvgIpc) is 1.97. The summed E-state index contributed by atoms with van der Waals surface area (Å²) in [6, 6.07) is 0. The molecule has 4 nitrogen and oxygen atoms in total. The van der Waals surface area contributed by atoms with Crippen LogP contribution in [0.25, 0.3) is 0 Å². The first-order chi connectivity index (χ1) is 5.54. The number of rotatable bonds is 1. The summed E-state index contributed by atoms with van der Waals surface area (Å²) in [4.78, 5) is 13.9. The number of pyridine rings is 1. The molecular formula is C6H3Cl2NO3. The number of aromatic hydroxyl groups is 1. The Morgan fingerprint density at radius 1 is 1.50 bits per heavy atom. The van der Waals surface area contributed by atoms with E-state index >= 15 is 0 Å². The van der Waals surface area contributed by atoms with E-state index in [1.807, 2.05) is 0 Å². The van der Waals surface area contributed by atoms with Crippen molar-refractivity contribution in [3.05, 3.63) is 21.9 Å². The molecule has 2 N–H and O–H groups in total. The molecule has 1 rings (SSSR count). The summed E-state index contributed by atoms with van der Waals surface area (Å²) in [5.41, 5.74) is -0.390. The van der Waals surface area contributed by atoms with Gasteiger partial charge in [0.1, 0.15) is 15.7 Å². The Hall–Kier alpha value is -1.00. The Morgan fingerprint density at radius 2 is 2.08 bits per heavy atom. The zero-order chi connectivity index (χ0) is 9.30. The monoisotopic (exact) mass is 207 g/mol. The Labute approximate surface area is 77.4 Å². The molecule has 12 heavy (non-hydrogen) atoms. The van der Waals surface area contributed by atoms with Crippen LogP contribution in [-0.4, -0.2) is 21.2 Å². The summed E-state index contributed by atoms with van der Waals surface area (Å²) in [5, 5.41) is 17.0. The standard InChI is InChI=1S/C6H3Cl2NO3/c7-4-2(10)1-9-5(8)3(4)6(11)12/h1,10H,(H,11,12). The summed E-state index contributed by atoms with van der Waals surface area (Å²) >= 11 is 10.8. The molecule has 0 aliphatic carbocycles. The average molecular weight is 208 g/mol. The molecule has 0 bridgehead atoms. The Balaban J connectivity index is 3.43. The van der Waals surface area contributed by atoms with Crippen molar-refractivity contribution in [1.82, 2.24) is 4.98 Å². The Bertz CT molecular complexity index is 340. The molecule has 64 valence electrons. The molecule has 1 aromatic rings. The van der Waals surface area contributed by atoms with Gasteiger partial charge in [0.2, 0.25) is 0 Å². The Kier molecular flexibility index (Phi) is 2.40. The van der Waals surface area contributed by atoms with Crippen molar-refractivity contribution in [2.75, 3.05) is 0 Å². The molecule has 0 aliphatic rings. The number of halogens is 2. The largest absolute Gasteiger partial charge is 0.505 e. The van der Waals surface area contributed by atoms with Crippen molar-refractivity contribution in [1.29, 1.82) is 0 Å². The fraction of sp³-hybridized carbons (Fsp3) is 0. The third-order valence-corrected chi connectivity index (χ3v) is 1.83. The molecule has 1 heterocycles. The van der Waals surface area contributed by atoms with Crippen LogP contribution in [0, 0.1) is 0 Å². The van der Waals surface area contributed by atoms with Crippen LogP contribution in [-0.2, 0) is 0 Å². The van der Waals surface area contributed by atoms with Gasteiger partial charge in [-0.15, -0.1) is 0 Å². The predicted octanol–water partition coefficient (Wildman–Crippen LogP) is 1.79. The molecule has 0 amide bonds. The molecule has 0 atom stereocenters. The van der Waals surface area contributed by atoms with Crippen molar-refractivity contribution < 1.29 is 15.0 Å². The van der Waals surface area contributed by atoms with Gasteiger partial charge in [-0.1, -0.05) is 23.2 Å². The van der Waals surface area contributed by atoms with E-state index in [4.69, 9.17) is 33.4 Å². The predicted molar refractivity (Wildman–Crippen MR) is 42.9 cm³/mol. The first-order valence-corrected chi connectivity index (χ1v) is 3.56. The smallest absolute Gasteiger partial charge is 0.340 e. The van der Waals surface area contributed by atoms with E-state index < -0.39 is 17.3 Å². The van der Waals surface area contributed by atoms with E-state index in [0.717, 1.165) is 6.20 Å². The SMILES string of the molecule is O=C(O)c1c(Cl)ncc(O)c1Cl. The molecule has 0 fully saturated rings. The van der Waals surface area contributed by atoms with Gasteiger partial charge in [0.15, 0.2) is 5.75 Å². The van der Waals surface area contributed by atoms with Crippen LogP contribution in [0.1, 0.15) is 10.4 Å². The Morgan fingerprint density at radius 3 is 2.50 bits per heavy atom. The van der Waals surface area contributed by atoms with Crippen LogP contribution in [0.2, 0.25) is 10.2 Å². The van der Waals surface area contributed by atoms with E-state index in [0.29, 0.717) is 0 Å². The summed E-state index contributed by atoms with van der Waals surface area (Å²) < 4.78 is 0.